The standard InChI is InChI=1S/C11H18N2O/c1-4-10(12)5-8(2)6-11-7-14-9(3)13-11/h6-7,10H,4-5,12H2,1-3H3/b8-6+. The van der Waals surface area contributed by atoms with Crippen LogP contribution in [0.5, 0.6) is 0 Å². The van der Waals surface area contributed by atoms with Gasteiger partial charge in [0.1, 0.15) is 12.0 Å². The predicted molar refractivity (Wildman–Crippen MR) is 57.8 cm³/mol. The molecule has 1 aromatic heterocycles. The molecule has 0 aliphatic carbocycles. The first-order chi connectivity index (χ1) is 6.61. The van der Waals surface area contributed by atoms with E-state index in [1.165, 1.54) is 5.57 Å². The Hall–Kier alpha value is -1.09. The summed E-state index contributed by atoms with van der Waals surface area (Å²) in [4.78, 5) is 4.20. The average molecular weight is 194 g/mol. The minimum absolute atomic E-state index is 0.249. The highest BCUT2D eigenvalue weighted by Gasteiger charge is 2.01. The van der Waals surface area contributed by atoms with E-state index in [9.17, 15) is 0 Å². The van der Waals surface area contributed by atoms with Gasteiger partial charge in [-0.1, -0.05) is 12.5 Å². The molecule has 1 aromatic rings. The number of nitrogens with zero attached hydrogens (tertiary/aromatic N) is 1. The Morgan fingerprint density at radius 2 is 2.43 bits per heavy atom. The lowest BCUT2D eigenvalue weighted by Gasteiger charge is -2.07. The summed E-state index contributed by atoms with van der Waals surface area (Å²) in [6.45, 7) is 6.00. The van der Waals surface area contributed by atoms with E-state index in [0.717, 1.165) is 18.5 Å². The molecule has 0 amide bonds. The lowest BCUT2D eigenvalue weighted by atomic mass is 10.1. The molecular weight excluding hydrogens is 176 g/mol. The van der Waals surface area contributed by atoms with Crippen molar-refractivity contribution in [1.29, 1.82) is 0 Å². The molecule has 0 aromatic carbocycles. The van der Waals surface area contributed by atoms with Crippen molar-refractivity contribution < 1.29 is 4.42 Å². The van der Waals surface area contributed by atoms with Gasteiger partial charge in [0.25, 0.3) is 0 Å². The van der Waals surface area contributed by atoms with Crippen molar-refractivity contribution in [2.45, 2.75) is 39.7 Å². The second kappa shape index (κ2) is 4.96. The molecule has 1 heterocycles. The van der Waals surface area contributed by atoms with Crippen molar-refractivity contribution in [2.24, 2.45) is 5.73 Å². The molecule has 78 valence electrons. The molecular formula is C11H18N2O. The SMILES string of the molecule is CCC(N)C/C(C)=C/c1coc(C)n1. The van der Waals surface area contributed by atoms with E-state index in [1.54, 1.807) is 6.26 Å². The topological polar surface area (TPSA) is 52.0 Å². The van der Waals surface area contributed by atoms with E-state index in [0.29, 0.717) is 5.89 Å². The Balaban J connectivity index is 2.59. The van der Waals surface area contributed by atoms with Crippen LogP contribution in [0.4, 0.5) is 0 Å². The summed E-state index contributed by atoms with van der Waals surface area (Å²) in [7, 11) is 0. The molecule has 1 rings (SSSR count). The summed E-state index contributed by atoms with van der Waals surface area (Å²) in [6.07, 6.45) is 5.60. The largest absolute Gasteiger partial charge is 0.449 e. The van der Waals surface area contributed by atoms with E-state index >= 15 is 0 Å². The lowest BCUT2D eigenvalue weighted by molar-refractivity contribution is 0.521. The van der Waals surface area contributed by atoms with Crippen molar-refractivity contribution in [3.63, 3.8) is 0 Å². The van der Waals surface area contributed by atoms with Crippen molar-refractivity contribution in [2.75, 3.05) is 0 Å². The molecule has 14 heavy (non-hydrogen) atoms. The zero-order chi connectivity index (χ0) is 10.6. The fourth-order valence-electron chi connectivity index (χ4n) is 1.32. The number of nitrogens with two attached hydrogens (primary N) is 1. The molecule has 0 bridgehead atoms. The highest BCUT2D eigenvalue weighted by atomic mass is 16.3. The van der Waals surface area contributed by atoms with E-state index in [4.69, 9.17) is 10.2 Å². The Labute approximate surface area is 85.0 Å². The highest BCUT2D eigenvalue weighted by molar-refractivity contribution is 5.46. The Kier molecular flexibility index (Phi) is 3.89. The van der Waals surface area contributed by atoms with Crippen molar-refractivity contribution in [1.82, 2.24) is 4.98 Å². The molecule has 3 nitrogen and oxygen atoms in total. The first kappa shape index (κ1) is 11.0. The van der Waals surface area contributed by atoms with Gasteiger partial charge in [-0.05, 0) is 25.8 Å². The number of oxazole rings is 1. The van der Waals surface area contributed by atoms with E-state index in [2.05, 4.69) is 18.8 Å². The van der Waals surface area contributed by atoms with Gasteiger partial charge in [0, 0.05) is 13.0 Å². The van der Waals surface area contributed by atoms with Crippen LogP contribution in [0.25, 0.3) is 6.08 Å². The number of hydrogen-bond donors (Lipinski definition) is 1. The van der Waals surface area contributed by atoms with Crippen LogP contribution in [0.3, 0.4) is 0 Å². The normalized spacial score (nSPS) is 14.4. The third-order valence-corrected chi connectivity index (χ3v) is 2.14. The smallest absolute Gasteiger partial charge is 0.191 e. The molecule has 0 radical (unpaired) electrons. The van der Waals surface area contributed by atoms with Crippen LogP contribution in [-0.4, -0.2) is 11.0 Å². The Morgan fingerprint density at radius 3 is 2.93 bits per heavy atom. The Morgan fingerprint density at radius 1 is 1.71 bits per heavy atom. The molecule has 2 N–H and O–H groups in total. The van der Waals surface area contributed by atoms with Gasteiger partial charge in [-0.3, -0.25) is 0 Å². The maximum Gasteiger partial charge on any atom is 0.191 e. The zero-order valence-corrected chi connectivity index (χ0v) is 9.08. The minimum Gasteiger partial charge on any atom is -0.449 e. The summed E-state index contributed by atoms with van der Waals surface area (Å²) in [6, 6.07) is 0.249. The van der Waals surface area contributed by atoms with Crippen LogP contribution in [0, 0.1) is 6.92 Å². The minimum atomic E-state index is 0.249. The van der Waals surface area contributed by atoms with Gasteiger partial charge in [0.2, 0.25) is 0 Å². The predicted octanol–water partition coefficient (Wildman–Crippen LogP) is 2.51. The fraction of sp³-hybridized carbons (Fsp3) is 0.545. The summed E-state index contributed by atoms with van der Waals surface area (Å²) in [5.74, 6) is 0.698. The molecule has 0 aliphatic rings. The first-order valence-electron chi connectivity index (χ1n) is 4.96. The lowest BCUT2D eigenvalue weighted by Crippen LogP contribution is -2.18. The molecule has 3 heteroatoms. The third-order valence-electron chi connectivity index (χ3n) is 2.14. The molecule has 0 saturated heterocycles. The van der Waals surface area contributed by atoms with Crippen molar-refractivity contribution >= 4 is 6.08 Å². The monoisotopic (exact) mass is 194 g/mol. The molecule has 1 atom stereocenters. The molecule has 0 spiro atoms. The van der Waals surface area contributed by atoms with E-state index in [-0.39, 0.29) is 6.04 Å². The van der Waals surface area contributed by atoms with Gasteiger partial charge in [-0.2, -0.15) is 0 Å². The molecule has 0 aliphatic heterocycles. The van der Waals surface area contributed by atoms with Gasteiger partial charge in [-0.25, -0.2) is 4.98 Å². The van der Waals surface area contributed by atoms with Gasteiger partial charge in [-0.15, -0.1) is 0 Å². The molecule has 1 unspecified atom stereocenters. The van der Waals surface area contributed by atoms with Crippen LogP contribution >= 0.6 is 0 Å². The van der Waals surface area contributed by atoms with E-state index in [1.807, 2.05) is 13.0 Å². The second-order valence-electron chi connectivity index (χ2n) is 3.65. The molecule has 0 fully saturated rings. The quantitative estimate of drug-likeness (QED) is 0.801. The fourth-order valence-corrected chi connectivity index (χ4v) is 1.32. The summed E-state index contributed by atoms with van der Waals surface area (Å²) < 4.78 is 5.11. The third kappa shape index (κ3) is 3.34. The van der Waals surface area contributed by atoms with Crippen LogP contribution < -0.4 is 5.73 Å². The maximum absolute atomic E-state index is 5.85. The second-order valence-corrected chi connectivity index (χ2v) is 3.65. The van der Waals surface area contributed by atoms with Gasteiger partial charge in [0.15, 0.2) is 5.89 Å². The highest BCUT2D eigenvalue weighted by Crippen LogP contribution is 2.11. The number of aromatic nitrogens is 1. The van der Waals surface area contributed by atoms with Crippen LogP contribution in [0.1, 0.15) is 38.3 Å². The van der Waals surface area contributed by atoms with Gasteiger partial charge >= 0.3 is 0 Å². The van der Waals surface area contributed by atoms with Crippen molar-refractivity contribution in [3.8, 4) is 0 Å². The average Bonchev–Trinajstić information content (AvgIpc) is 2.50. The number of aryl methyl sites for hydroxylation is 1. The summed E-state index contributed by atoms with van der Waals surface area (Å²) in [5, 5.41) is 0. The zero-order valence-electron chi connectivity index (χ0n) is 9.08. The van der Waals surface area contributed by atoms with E-state index < -0.39 is 0 Å². The molecule has 0 saturated carbocycles. The number of hydrogen-bond acceptors (Lipinski definition) is 3. The summed E-state index contributed by atoms with van der Waals surface area (Å²) in [5.41, 5.74) is 7.97. The number of rotatable bonds is 4. The Bertz CT molecular complexity index is 315. The van der Waals surface area contributed by atoms with Gasteiger partial charge in [0.05, 0.1) is 0 Å². The van der Waals surface area contributed by atoms with Crippen LogP contribution in [0.15, 0.2) is 16.3 Å². The summed E-state index contributed by atoms with van der Waals surface area (Å²) >= 11 is 0. The van der Waals surface area contributed by atoms with Crippen LogP contribution in [-0.2, 0) is 0 Å². The van der Waals surface area contributed by atoms with Crippen LogP contribution in [0.2, 0.25) is 0 Å². The first-order valence-corrected chi connectivity index (χ1v) is 4.96. The maximum atomic E-state index is 5.85. The van der Waals surface area contributed by atoms with Gasteiger partial charge < -0.3 is 10.2 Å². The van der Waals surface area contributed by atoms with Crippen molar-refractivity contribution in [3.05, 3.63) is 23.4 Å².